The number of benzene rings is 8. The number of hydrogen-bond acceptors (Lipinski definition) is 6. The van der Waals surface area contributed by atoms with E-state index in [0.717, 1.165) is 99.7 Å². The van der Waals surface area contributed by atoms with Crippen molar-refractivity contribution in [2.75, 3.05) is 16.0 Å². The summed E-state index contributed by atoms with van der Waals surface area (Å²) in [6, 6.07) is 37.2. The van der Waals surface area contributed by atoms with Crippen LogP contribution in [0.1, 0.15) is 50.1 Å². The Morgan fingerprint density at radius 3 is 1.59 bits per heavy atom. The molecule has 0 saturated heterocycles. The van der Waals surface area contributed by atoms with E-state index in [2.05, 4.69) is 64.5 Å². The number of aliphatic hydroxyl groups is 1. The smallest absolute Gasteiger partial charge is 0.202 e. The van der Waals surface area contributed by atoms with Crippen molar-refractivity contribution in [2.24, 2.45) is 4.99 Å². The summed E-state index contributed by atoms with van der Waals surface area (Å²) >= 11 is 29.5. The molecule has 6 nitrogen and oxygen atoms in total. The summed E-state index contributed by atoms with van der Waals surface area (Å²) in [7, 11) is 0. The second-order valence-corrected chi connectivity index (χ2v) is 19.5. The molecule has 8 aromatic carbocycles. The number of nitrogens with one attached hydrogen (secondary N) is 3. The minimum Gasteiger partial charge on any atom is -0.506 e. The average molecular weight is 909 g/mol. The zero-order valence-corrected chi connectivity index (χ0v) is 36.6. The fourth-order valence-corrected chi connectivity index (χ4v) is 13.9. The predicted octanol–water partition coefficient (Wildman–Crippen LogP) is 12.2. The highest BCUT2D eigenvalue weighted by Gasteiger charge is 2.51. The standard InChI is InChI=1S/C54H30Cl4N4O2/c55-35-21-37-41-39-27(35)17-19-29(39)47(57)43(49(41)61-53(59-37)31-13-5-1-9-23(31)24-10-2-6-14-32(24)53)45-51(63)46(52(45)64)44-48(58)30-20-18-28-36(56)22-38-42(40(28)30)50(44)62-54(60-38)33-15-7-3-11-25(33)26-12-4-8-16-34(26)54/h1-16,21-22,59-61,63H,17-20H2/b46-44-. The minimum atomic E-state index is -1.06. The van der Waals surface area contributed by atoms with E-state index in [4.69, 9.17) is 51.4 Å². The number of aryl methyl sites for hydroxylation is 4. The number of aliphatic hydroxyl groups excluding tert-OH is 1. The summed E-state index contributed by atoms with van der Waals surface area (Å²) in [6.45, 7) is 0. The number of Topliss-reactive ketones (excluding diaryl/α,β-unsaturated/α-hetero) is 1. The normalized spacial score (nSPS) is 18.4. The van der Waals surface area contributed by atoms with Gasteiger partial charge >= 0.3 is 0 Å². The second kappa shape index (κ2) is 11.9. The van der Waals surface area contributed by atoms with Crippen molar-refractivity contribution in [3.63, 3.8) is 0 Å². The number of fused-ring (bicyclic) bond motifs is 10. The zero-order valence-electron chi connectivity index (χ0n) is 33.5. The molecule has 5 aliphatic carbocycles. The number of carbonyl (C=O) groups is 1. The third kappa shape index (κ3) is 4.02. The van der Waals surface area contributed by atoms with Gasteiger partial charge in [-0.15, -0.1) is 0 Å². The minimum absolute atomic E-state index is 0.125. The first-order valence-corrected chi connectivity index (χ1v) is 23.0. The molecule has 0 aromatic heterocycles. The Balaban J connectivity index is 1.05. The van der Waals surface area contributed by atoms with E-state index in [1.54, 1.807) is 0 Å². The Morgan fingerprint density at radius 1 is 0.531 bits per heavy atom. The summed E-state index contributed by atoms with van der Waals surface area (Å²) < 4.78 is 0. The van der Waals surface area contributed by atoms with Crippen molar-refractivity contribution in [1.82, 2.24) is 0 Å². The van der Waals surface area contributed by atoms with Crippen LogP contribution in [0.4, 0.5) is 17.1 Å². The fraction of sp³-hybridized carbons (Fsp3) is 0.111. The van der Waals surface area contributed by atoms with Crippen molar-refractivity contribution in [2.45, 2.75) is 37.0 Å². The van der Waals surface area contributed by atoms with Crippen molar-refractivity contribution >= 4 is 102 Å². The van der Waals surface area contributed by atoms with E-state index in [1.165, 1.54) is 0 Å². The number of allylic oxidation sites excluding steroid dienone is 2. The molecule has 15 rings (SSSR count). The molecule has 0 radical (unpaired) electrons. The molecule has 7 aliphatic rings. The molecule has 2 spiro atoms. The van der Waals surface area contributed by atoms with Gasteiger partial charge in [0.2, 0.25) is 5.78 Å². The van der Waals surface area contributed by atoms with Crippen LogP contribution in [-0.4, -0.2) is 10.9 Å². The molecule has 10 heteroatoms. The fourth-order valence-electron chi connectivity index (χ4n) is 12.5. The number of hydrogen-bond donors (Lipinski definition) is 4. The number of halogens is 4. The molecule has 0 saturated carbocycles. The van der Waals surface area contributed by atoms with Crippen LogP contribution in [0.5, 0.6) is 0 Å². The number of ketones is 1. The van der Waals surface area contributed by atoms with Gasteiger partial charge in [0.05, 0.1) is 32.2 Å². The maximum atomic E-state index is 15.5. The topological polar surface area (TPSA) is 85.8 Å². The van der Waals surface area contributed by atoms with Crippen LogP contribution >= 0.6 is 46.4 Å². The highest BCUT2D eigenvalue weighted by Crippen LogP contribution is 2.60. The maximum absolute atomic E-state index is 15.5. The number of anilines is 3. The summed E-state index contributed by atoms with van der Waals surface area (Å²) in [4.78, 5) is 21.2. The predicted molar refractivity (Wildman–Crippen MR) is 258 cm³/mol. The van der Waals surface area contributed by atoms with Gasteiger partial charge in [-0.2, -0.15) is 0 Å². The van der Waals surface area contributed by atoms with Gasteiger partial charge in [0, 0.05) is 65.2 Å². The monoisotopic (exact) mass is 906 g/mol. The Bertz CT molecular complexity index is 3780. The molecule has 0 bridgehead atoms. The van der Waals surface area contributed by atoms with Gasteiger partial charge in [-0.1, -0.05) is 143 Å². The lowest BCUT2D eigenvalue weighted by Gasteiger charge is -2.42. The van der Waals surface area contributed by atoms with Crippen molar-refractivity contribution in [1.29, 1.82) is 0 Å². The molecular formula is C54H30Cl4N4O2. The molecule has 306 valence electrons. The number of nitrogens with zero attached hydrogens (tertiary/aromatic N) is 1. The highest BCUT2D eigenvalue weighted by atomic mass is 35.5. The van der Waals surface area contributed by atoms with Crippen molar-refractivity contribution in [3.8, 4) is 22.3 Å². The van der Waals surface area contributed by atoms with E-state index in [9.17, 15) is 5.11 Å². The van der Waals surface area contributed by atoms with Crippen LogP contribution in [0.25, 0.3) is 54.9 Å². The zero-order chi connectivity index (χ0) is 42.7. The Hall–Kier alpha value is -6.28. The van der Waals surface area contributed by atoms with E-state index < -0.39 is 11.3 Å². The largest absolute Gasteiger partial charge is 0.506 e. The molecule has 2 heterocycles. The van der Waals surface area contributed by atoms with Crippen LogP contribution in [0, 0.1) is 0 Å². The molecule has 64 heavy (non-hydrogen) atoms. The molecule has 4 N–H and O–H groups in total. The lowest BCUT2D eigenvalue weighted by Crippen LogP contribution is -2.46. The molecule has 2 aliphatic heterocycles. The van der Waals surface area contributed by atoms with E-state index in [0.29, 0.717) is 67.6 Å². The molecule has 0 atom stereocenters. The molecule has 0 unspecified atom stereocenters. The summed E-state index contributed by atoms with van der Waals surface area (Å²) in [6.07, 6.45) is 2.68. The Labute approximate surface area is 385 Å². The molecular weight excluding hydrogens is 878 g/mol. The molecule has 8 aromatic rings. The average Bonchev–Trinajstić information content (AvgIpc) is 4.09. The number of carbonyl (C=O) groups excluding carboxylic acids is 1. The SMILES string of the molecule is O=C1C(c2c(Cl)c3c4c(c(Cl)cc5c4c2NC2(N5)c4ccccc4-c4ccccc42)CC3)=C(O)/C1=c1\c(Cl)c2c3c(c(Cl)cc4c3c1=NC1(N4)c3ccccc3-c3ccccc31)CC2. The van der Waals surface area contributed by atoms with E-state index >= 15 is 4.79 Å². The van der Waals surface area contributed by atoms with Crippen molar-refractivity contribution in [3.05, 3.63) is 196 Å². The lowest BCUT2D eigenvalue weighted by atomic mass is 9.78. The van der Waals surface area contributed by atoms with Crippen LogP contribution in [-0.2, 0) is 41.8 Å². The molecule has 0 amide bonds. The van der Waals surface area contributed by atoms with E-state index in [-0.39, 0.29) is 22.7 Å². The van der Waals surface area contributed by atoms with Gasteiger partial charge in [0.25, 0.3) is 0 Å². The lowest BCUT2D eigenvalue weighted by molar-refractivity contribution is -0.109. The maximum Gasteiger partial charge on any atom is 0.202 e. The third-order valence-corrected chi connectivity index (χ3v) is 16.6. The van der Waals surface area contributed by atoms with Gasteiger partial charge < -0.3 is 21.1 Å². The Kier molecular flexibility index (Phi) is 6.70. The van der Waals surface area contributed by atoms with Gasteiger partial charge in [-0.05, 0) is 93.1 Å². The van der Waals surface area contributed by atoms with Gasteiger partial charge in [-0.25, -0.2) is 4.99 Å². The quantitative estimate of drug-likeness (QED) is 0.132. The van der Waals surface area contributed by atoms with E-state index in [1.807, 2.05) is 60.7 Å². The third-order valence-electron chi connectivity index (χ3n) is 15.1. The van der Waals surface area contributed by atoms with Crippen LogP contribution < -0.4 is 26.5 Å². The first-order chi connectivity index (χ1) is 31.2. The number of rotatable bonds is 1. The highest BCUT2D eigenvalue weighted by molar-refractivity contribution is 6.55. The Morgan fingerprint density at radius 2 is 1.02 bits per heavy atom. The van der Waals surface area contributed by atoms with Crippen LogP contribution in [0.15, 0.2) is 120 Å². The van der Waals surface area contributed by atoms with Crippen molar-refractivity contribution < 1.29 is 9.90 Å². The first kappa shape index (κ1) is 36.1. The van der Waals surface area contributed by atoms with Gasteiger partial charge in [0.15, 0.2) is 11.3 Å². The van der Waals surface area contributed by atoms with Crippen LogP contribution in [0.2, 0.25) is 20.1 Å². The summed E-state index contributed by atoms with van der Waals surface area (Å²) in [5.41, 5.74) is 13.1. The first-order valence-electron chi connectivity index (χ1n) is 21.5. The molecule has 0 fully saturated rings. The van der Waals surface area contributed by atoms with Gasteiger partial charge in [-0.3, -0.25) is 4.79 Å². The van der Waals surface area contributed by atoms with Gasteiger partial charge in [0.1, 0.15) is 5.76 Å². The van der Waals surface area contributed by atoms with Crippen LogP contribution in [0.3, 0.4) is 0 Å². The summed E-state index contributed by atoms with van der Waals surface area (Å²) in [5, 5.41) is 31.3. The summed E-state index contributed by atoms with van der Waals surface area (Å²) in [5.74, 6) is -0.524. The second-order valence-electron chi connectivity index (χ2n) is 17.9.